The van der Waals surface area contributed by atoms with Gasteiger partial charge in [-0.1, -0.05) is 0 Å². The Morgan fingerprint density at radius 1 is 1.17 bits per heavy atom. The van der Waals surface area contributed by atoms with Crippen molar-refractivity contribution in [1.29, 1.82) is 0 Å². The van der Waals surface area contributed by atoms with Gasteiger partial charge in [0.25, 0.3) is 0 Å². The summed E-state index contributed by atoms with van der Waals surface area (Å²) in [6, 6.07) is 0. The molecule has 18 heavy (non-hydrogen) atoms. The Morgan fingerprint density at radius 2 is 1.72 bits per heavy atom. The Bertz CT molecular complexity index is 252. The van der Waals surface area contributed by atoms with Crippen molar-refractivity contribution in [1.82, 2.24) is 15.1 Å². The second-order valence-corrected chi connectivity index (χ2v) is 3.95. The molecule has 0 aromatic rings. The van der Waals surface area contributed by atoms with Crippen LogP contribution in [0.25, 0.3) is 0 Å². The lowest BCUT2D eigenvalue weighted by Gasteiger charge is -2.19. The second-order valence-electron chi connectivity index (χ2n) is 3.95. The van der Waals surface area contributed by atoms with E-state index in [4.69, 9.17) is 0 Å². The van der Waals surface area contributed by atoms with Crippen molar-refractivity contribution in [3.63, 3.8) is 0 Å². The third-order valence-electron chi connectivity index (χ3n) is 2.46. The Labute approximate surface area is 128 Å². The summed E-state index contributed by atoms with van der Waals surface area (Å²) in [7, 11) is 3.88. The fourth-order valence-electron chi connectivity index (χ4n) is 1.51. The van der Waals surface area contributed by atoms with E-state index in [9.17, 15) is 4.79 Å². The smallest absolute Gasteiger partial charge is 0.224 e. The number of aliphatic imine (C=N–C) groups is 1. The van der Waals surface area contributed by atoms with Crippen LogP contribution in [0.3, 0.4) is 0 Å². The monoisotopic (exact) mass is 370 g/mol. The fraction of sp³-hybridized carbons (Fsp3) is 0.833. The van der Waals surface area contributed by atoms with Crippen molar-refractivity contribution in [2.45, 2.75) is 27.2 Å². The number of amides is 1. The number of hydrogen-bond donors (Lipinski definition) is 1. The molecule has 0 spiro atoms. The third-order valence-corrected chi connectivity index (χ3v) is 2.46. The molecule has 0 saturated carbocycles. The highest BCUT2D eigenvalue weighted by Gasteiger charge is 2.08. The van der Waals surface area contributed by atoms with E-state index in [1.54, 1.807) is 0 Å². The molecule has 0 atom stereocenters. The van der Waals surface area contributed by atoms with Crippen LogP contribution in [-0.4, -0.2) is 61.9 Å². The first kappa shape index (κ1) is 19.8. The van der Waals surface area contributed by atoms with Crippen LogP contribution < -0.4 is 5.32 Å². The molecular weight excluding hydrogens is 343 g/mol. The van der Waals surface area contributed by atoms with Crippen LogP contribution in [0.4, 0.5) is 0 Å². The molecule has 0 heterocycles. The lowest BCUT2D eigenvalue weighted by molar-refractivity contribution is -0.130. The molecule has 0 aliphatic rings. The van der Waals surface area contributed by atoms with Crippen molar-refractivity contribution >= 4 is 35.8 Å². The molecule has 1 amide bonds. The standard InChI is InChI=1S/C12H26N4O.HI/c1-6-13-12(15(4)5)14-10-9-11(17)16(7-2)8-3;/h6-10H2,1-5H3,(H,13,14);1H. The molecule has 0 bridgehead atoms. The van der Waals surface area contributed by atoms with E-state index in [0.717, 1.165) is 25.6 Å². The summed E-state index contributed by atoms with van der Waals surface area (Å²) in [5, 5.41) is 3.16. The van der Waals surface area contributed by atoms with Gasteiger partial charge in [-0.3, -0.25) is 9.79 Å². The number of guanidine groups is 1. The largest absolute Gasteiger partial charge is 0.357 e. The number of nitrogens with one attached hydrogen (secondary N) is 1. The van der Waals surface area contributed by atoms with E-state index >= 15 is 0 Å². The summed E-state index contributed by atoms with van der Waals surface area (Å²) >= 11 is 0. The van der Waals surface area contributed by atoms with Crippen LogP contribution in [0.15, 0.2) is 4.99 Å². The van der Waals surface area contributed by atoms with Crippen LogP contribution in [-0.2, 0) is 4.79 Å². The van der Waals surface area contributed by atoms with E-state index in [-0.39, 0.29) is 29.9 Å². The van der Waals surface area contributed by atoms with E-state index in [2.05, 4.69) is 10.3 Å². The van der Waals surface area contributed by atoms with Gasteiger partial charge in [0.2, 0.25) is 5.91 Å². The highest BCUT2D eigenvalue weighted by atomic mass is 127. The average Bonchev–Trinajstić information content (AvgIpc) is 2.29. The first-order valence-electron chi connectivity index (χ1n) is 6.30. The molecule has 0 aliphatic heterocycles. The van der Waals surface area contributed by atoms with Crippen molar-refractivity contribution in [3.05, 3.63) is 0 Å². The highest BCUT2D eigenvalue weighted by molar-refractivity contribution is 14.0. The summed E-state index contributed by atoms with van der Waals surface area (Å²) in [6.45, 7) is 8.93. The molecule has 6 heteroatoms. The van der Waals surface area contributed by atoms with Gasteiger partial charge < -0.3 is 15.1 Å². The number of nitrogens with zero attached hydrogens (tertiary/aromatic N) is 3. The number of halogens is 1. The summed E-state index contributed by atoms with van der Waals surface area (Å²) < 4.78 is 0. The van der Waals surface area contributed by atoms with Crippen molar-refractivity contribution in [2.75, 3.05) is 40.3 Å². The maximum absolute atomic E-state index is 11.7. The first-order valence-corrected chi connectivity index (χ1v) is 6.30. The van der Waals surface area contributed by atoms with E-state index in [1.165, 1.54) is 0 Å². The Balaban J connectivity index is 0. The lowest BCUT2D eigenvalue weighted by atomic mass is 10.3. The van der Waals surface area contributed by atoms with Gasteiger partial charge in [0.05, 0.1) is 6.54 Å². The molecular formula is C12H27IN4O. The molecule has 0 radical (unpaired) electrons. The molecule has 0 rings (SSSR count). The molecule has 0 unspecified atom stereocenters. The third kappa shape index (κ3) is 7.73. The van der Waals surface area contributed by atoms with Crippen molar-refractivity contribution < 1.29 is 4.79 Å². The van der Waals surface area contributed by atoms with E-state index in [0.29, 0.717) is 13.0 Å². The Kier molecular flexibility index (Phi) is 12.7. The molecule has 0 aromatic heterocycles. The number of hydrogen-bond acceptors (Lipinski definition) is 2. The average molecular weight is 370 g/mol. The zero-order valence-corrected chi connectivity index (χ0v) is 14.5. The van der Waals surface area contributed by atoms with Gasteiger partial charge in [-0.15, -0.1) is 24.0 Å². The van der Waals surface area contributed by atoms with Gasteiger partial charge in [-0.05, 0) is 20.8 Å². The Morgan fingerprint density at radius 3 is 2.11 bits per heavy atom. The predicted octanol–water partition coefficient (Wildman–Crippen LogP) is 1.39. The van der Waals surface area contributed by atoms with Gasteiger partial charge in [0.1, 0.15) is 0 Å². The summed E-state index contributed by atoms with van der Waals surface area (Å²) in [4.78, 5) is 19.9. The van der Waals surface area contributed by atoms with Gasteiger partial charge in [0, 0.05) is 40.2 Å². The summed E-state index contributed by atoms with van der Waals surface area (Å²) in [6.07, 6.45) is 0.477. The molecule has 5 nitrogen and oxygen atoms in total. The molecule has 0 fully saturated rings. The Hall–Kier alpha value is -0.530. The van der Waals surface area contributed by atoms with Crippen LogP contribution >= 0.6 is 24.0 Å². The highest BCUT2D eigenvalue weighted by Crippen LogP contribution is 1.94. The van der Waals surface area contributed by atoms with Crippen molar-refractivity contribution in [2.24, 2.45) is 4.99 Å². The van der Waals surface area contributed by atoms with Gasteiger partial charge in [-0.25, -0.2) is 0 Å². The van der Waals surface area contributed by atoms with Crippen LogP contribution in [0.1, 0.15) is 27.2 Å². The van der Waals surface area contributed by atoms with E-state index in [1.807, 2.05) is 44.7 Å². The fourth-order valence-corrected chi connectivity index (χ4v) is 1.51. The van der Waals surface area contributed by atoms with Gasteiger partial charge >= 0.3 is 0 Å². The topological polar surface area (TPSA) is 47.9 Å². The van der Waals surface area contributed by atoms with Crippen LogP contribution in [0.2, 0.25) is 0 Å². The van der Waals surface area contributed by atoms with Gasteiger partial charge in [0.15, 0.2) is 5.96 Å². The minimum Gasteiger partial charge on any atom is -0.357 e. The normalized spacial score (nSPS) is 10.6. The number of carbonyl (C=O) groups is 1. The maximum atomic E-state index is 11.7. The molecule has 0 aliphatic carbocycles. The van der Waals surface area contributed by atoms with Crippen LogP contribution in [0, 0.1) is 0 Å². The van der Waals surface area contributed by atoms with Gasteiger partial charge in [-0.2, -0.15) is 0 Å². The second kappa shape index (κ2) is 11.6. The molecule has 0 aromatic carbocycles. The maximum Gasteiger partial charge on any atom is 0.224 e. The zero-order chi connectivity index (χ0) is 13.3. The zero-order valence-electron chi connectivity index (χ0n) is 12.2. The summed E-state index contributed by atoms with van der Waals surface area (Å²) in [5.74, 6) is 1.01. The van der Waals surface area contributed by atoms with Crippen LogP contribution in [0.5, 0.6) is 0 Å². The lowest BCUT2D eigenvalue weighted by Crippen LogP contribution is -2.36. The minimum absolute atomic E-state index is 0. The first-order chi connectivity index (χ1) is 8.06. The van der Waals surface area contributed by atoms with Crippen molar-refractivity contribution in [3.8, 4) is 0 Å². The summed E-state index contributed by atoms with van der Waals surface area (Å²) in [5.41, 5.74) is 0. The number of rotatable bonds is 6. The quantitative estimate of drug-likeness (QED) is 0.437. The van der Waals surface area contributed by atoms with E-state index < -0.39 is 0 Å². The molecule has 1 N–H and O–H groups in total. The predicted molar refractivity (Wildman–Crippen MR) is 87.6 cm³/mol. The SMILES string of the molecule is CCNC(=NCCC(=O)N(CC)CC)N(C)C.I. The number of carbonyl (C=O) groups excluding carboxylic acids is 1. The molecule has 0 saturated heterocycles. The molecule has 108 valence electrons. The minimum atomic E-state index is 0.